The van der Waals surface area contributed by atoms with Gasteiger partial charge in [-0.2, -0.15) is 0 Å². The van der Waals surface area contributed by atoms with Gasteiger partial charge in [-0.3, -0.25) is 4.79 Å². The molecule has 0 bridgehead atoms. The predicted octanol–water partition coefficient (Wildman–Crippen LogP) is 2.30. The number of hydrogen-bond acceptors (Lipinski definition) is 4. The average molecular weight is 304 g/mol. The summed E-state index contributed by atoms with van der Waals surface area (Å²) in [4.78, 5) is 13.3. The van der Waals surface area contributed by atoms with E-state index in [4.69, 9.17) is 9.47 Å². The van der Waals surface area contributed by atoms with Crippen molar-refractivity contribution in [2.24, 2.45) is 0 Å². The molecule has 1 aliphatic rings. The Hall–Kier alpha value is -0.650. The van der Waals surface area contributed by atoms with E-state index in [-0.39, 0.29) is 12.5 Å². The number of carbonyl (C=O) groups excluding carboxylic acids is 1. The lowest BCUT2D eigenvalue weighted by atomic mass is 10.1. The van der Waals surface area contributed by atoms with Crippen molar-refractivity contribution in [3.05, 3.63) is 0 Å². The monoisotopic (exact) mass is 304 g/mol. The van der Waals surface area contributed by atoms with E-state index in [2.05, 4.69) is 10.2 Å². The third-order valence-electron chi connectivity index (χ3n) is 2.88. The molecule has 0 unspecified atom stereocenters. The van der Waals surface area contributed by atoms with Crippen molar-refractivity contribution >= 4 is 5.91 Å². The third-order valence-corrected chi connectivity index (χ3v) is 2.88. The summed E-state index contributed by atoms with van der Waals surface area (Å²) >= 11 is 0. The first-order valence-electron chi connectivity index (χ1n) is 8.41. The van der Waals surface area contributed by atoms with Crippen LogP contribution in [-0.2, 0) is 14.3 Å². The molecule has 5 heteroatoms. The molecule has 0 spiro atoms. The van der Waals surface area contributed by atoms with E-state index in [0.29, 0.717) is 13.2 Å². The maximum atomic E-state index is 10.8. The molecule has 0 saturated carbocycles. The number of amides is 1. The molecule has 0 aliphatic carbocycles. The molecule has 5 nitrogen and oxygen atoms in total. The van der Waals surface area contributed by atoms with Crippen LogP contribution in [0.25, 0.3) is 0 Å². The number of likely N-dealkylation sites (tertiary alicyclic amines) is 1. The van der Waals surface area contributed by atoms with Crippen LogP contribution >= 0.6 is 0 Å². The molecule has 0 aromatic heterocycles. The lowest BCUT2D eigenvalue weighted by molar-refractivity contribution is -0.125. The number of ether oxygens (including phenoxy) is 2. The van der Waals surface area contributed by atoms with Gasteiger partial charge in [0.05, 0.1) is 19.8 Å². The minimum absolute atomic E-state index is 0.0988. The summed E-state index contributed by atoms with van der Waals surface area (Å²) in [5, 5.41) is 2.50. The summed E-state index contributed by atoms with van der Waals surface area (Å²) in [5.74, 6) is -0.0988. The van der Waals surface area contributed by atoms with Crippen molar-refractivity contribution in [2.75, 3.05) is 53.1 Å². The molecule has 128 valence electrons. The van der Waals surface area contributed by atoms with Gasteiger partial charge in [0.15, 0.2) is 0 Å². The van der Waals surface area contributed by atoms with E-state index < -0.39 is 0 Å². The highest BCUT2D eigenvalue weighted by Crippen LogP contribution is 2.07. The average Bonchev–Trinajstić information content (AvgIpc) is 2.58. The zero-order valence-electron chi connectivity index (χ0n) is 14.7. The van der Waals surface area contributed by atoms with Crippen molar-refractivity contribution in [2.45, 2.75) is 47.0 Å². The molecular weight excluding hydrogens is 268 g/mol. The highest BCUT2D eigenvalue weighted by Gasteiger charge is 2.08. The zero-order valence-corrected chi connectivity index (χ0v) is 14.7. The first-order chi connectivity index (χ1) is 10.3. The Morgan fingerprint density at radius 3 is 2.10 bits per heavy atom. The fourth-order valence-corrected chi connectivity index (χ4v) is 1.83. The number of carbonyl (C=O) groups is 1. The highest BCUT2D eigenvalue weighted by atomic mass is 16.5. The van der Waals surface area contributed by atoms with Gasteiger partial charge in [-0.05, 0) is 25.9 Å². The van der Waals surface area contributed by atoms with Crippen molar-refractivity contribution in [3.63, 3.8) is 0 Å². The minimum Gasteiger partial charge on any atom is -0.378 e. The van der Waals surface area contributed by atoms with Gasteiger partial charge >= 0.3 is 0 Å². The Morgan fingerprint density at radius 1 is 0.952 bits per heavy atom. The van der Waals surface area contributed by atoms with E-state index in [1.54, 1.807) is 7.05 Å². The van der Waals surface area contributed by atoms with E-state index >= 15 is 0 Å². The standard InChI is InChI=1S/C12H24N2O3.2C2H6/c1-13-12(15)11-17-10-9-16-8-7-14-5-3-2-4-6-14;2*1-2/h2-11H2,1H3,(H,13,15);2*1-2H3. The fraction of sp³-hybridized carbons (Fsp3) is 0.938. The highest BCUT2D eigenvalue weighted by molar-refractivity contribution is 5.76. The molecule has 1 rings (SSSR count). The molecule has 0 radical (unpaired) electrons. The molecule has 21 heavy (non-hydrogen) atoms. The summed E-state index contributed by atoms with van der Waals surface area (Å²) in [6.07, 6.45) is 4.00. The molecule has 0 atom stereocenters. The molecule has 1 saturated heterocycles. The van der Waals surface area contributed by atoms with Crippen molar-refractivity contribution in [3.8, 4) is 0 Å². The Balaban J connectivity index is 0. The summed E-state index contributed by atoms with van der Waals surface area (Å²) in [7, 11) is 1.60. The van der Waals surface area contributed by atoms with Gasteiger partial charge in [0.1, 0.15) is 6.61 Å². The number of hydrogen-bond donors (Lipinski definition) is 1. The van der Waals surface area contributed by atoms with E-state index in [0.717, 1.165) is 13.2 Å². The lowest BCUT2D eigenvalue weighted by Crippen LogP contribution is -2.33. The van der Waals surface area contributed by atoms with Crippen LogP contribution in [0.15, 0.2) is 0 Å². The quantitative estimate of drug-likeness (QED) is 0.699. The minimum atomic E-state index is -0.0988. The lowest BCUT2D eigenvalue weighted by Gasteiger charge is -2.26. The van der Waals surface area contributed by atoms with Gasteiger partial charge in [-0.25, -0.2) is 0 Å². The predicted molar refractivity (Wildman–Crippen MR) is 88.7 cm³/mol. The van der Waals surface area contributed by atoms with Crippen LogP contribution in [0, 0.1) is 0 Å². The van der Waals surface area contributed by atoms with Crippen LogP contribution < -0.4 is 5.32 Å². The van der Waals surface area contributed by atoms with Crippen LogP contribution in [0.4, 0.5) is 0 Å². The fourth-order valence-electron chi connectivity index (χ4n) is 1.83. The Labute approximate surface area is 131 Å². The Kier molecular flexibility index (Phi) is 20.9. The van der Waals surface area contributed by atoms with Gasteiger partial charge in [0, 0.05) is 13.6 Å². The first-order valence-corrected chi connectivity index (χ1v) is 8.41. The summed E-state index contributed by atoms with van der Waals surface area (Å²) in [6, 6.07) is 0. The largest absolute Gasteiger partial charge is 0.378 e. The summed E-state index contributed by atoms with van der Waals surface area (Å²) in [5.41, 5.74) is 0. The van der Waals surface area contributed by atoms with Crippen LogP contribution in [0.2, 0.25) is 0 Å². The summed E-state index contributed by atoms with van der Waals surface area (Å²) < 4.78 is 10.6. The molecule has 1 amide bonds. The van der Waals surface area contributed by atoms with Gasteiger partial charge in [-0.15, -0.1) is 0 Å². The molecular formula is C16H36N2O3. The van der Waals surface area contributed by atoms with Crippen LogP contribution in [-0.4, -0.2) is 63.9 Å². The van der Waals surface area contributed by atoms with E-state index in [1.807, 2.05) is 27.7 Å². The number of piperidine rings is 1. The van der Waals surface area contributed by atoms with Crippen molar-refractivity contribution < 1.29 is 14.3 Å². The topological polar surface area (TPSA) is 50.8 Å². The van der Waals surface area contributed by atoms with Crippen LogP contribution in [0.3, 0.4) is 0 Å². The van der Waals surface area contributed by atoms with Crippen LogP contribution in [0.5, 0.6) is 0 Å². The smallest absolute Gasteiger partial charge is 0.245 e. The molecule has 1 fully saturated rings. The van der Waals surface area contributed by atoms with Crippen LogP contribution in [0.1, 0.15) is 47.0 Å². The van der Waals surface area contributed by atoms with Gasteiger partial charge in [0.2, 0.25) is 5.91 Å². The molecule has 1 heterocycles. The Morgan fingerprint density at radius 2 is 1.52 bits per heavy atom. The number of nitrogens with zero attached hydrogens (tertiary/aromatic N) is 1. The molecule has 0 aromatic rings. The molecule has 1 aliphatic heterocycles. The number of nitrogens with one attached hydrogen (secondary N) is 1. The number of rotatable bonds is 8. The zero-order chi connectivity index (χ0) is 16.3. The van der Waals surface area contributed by atoms with Crippen molar-refractivity contribution in [1.82, 2.24) is 10.2 Å². The van der Waals surface area contributed by atoms with Gasteiger partial charge < -0.3 is 19.7 Å². The summed E-state index contributed by atoms with van der Waals surface area (Å²) in [6.45, 7) is 13.3. The normalized spacial score (nSPS) is 14.3. The second-order valence-electron chi connectivity index (χ2n) is 4.24. The van der Waals surface area contributed by atoms with E-state index in [9.17, 15) is 4.79 Å². The number of likely N-dealkylation sites (N-methyl/N-ethyl adjacent to an activating group) is 1. The Bertz CT molecular complexity index is 208. The van der Waals surface area contributed by atoms with Gasteiger partial charge in [0.25, 0.3) is 0 Å². The first kappa shape index (κ1) is 22.6. The third kappa shape index (κ3) is 15.6. The second kappa shape index (κ2) is 19.4. The van der Waals surface area contributed by atoms with Crippen molar-refractivity contribution in [1.29, 1.82) is 0 Å². The SMILES string of the molecule is CC.CC.CNC(=O)COCCOCCN1CCCCC1. The maximum Gasteiger partial charge on any atom is 0.245 e. The second-order valence-corrected chi connectivity index (χ2v) is 4.24. The van der Waals surface area contributed by atoms with E-state index in [1.165, 1.54) is 32.4 Å². The molecule has 1 N–H and O–H groups in total. The maximum absolute atomic E-state index is 10.8. The molecule has 0 aromatic carbocycles. The van der Waals surface area contributed by atoms with Gasteiger partial charge in [-0.1, -0.05) is 34.1 Å².